The third kappa shape index (κ3) is 5.09. The number of ether oxygens (including phenoxy) is 2. The number of hydrogen-bond donors (Lipinski definition) is 2. The molecule has 0 radical (unpaired) electrons. The number of benzene rings is 1. The standard InChI is InChI=1S/C18H22N2O5/c1-12-16(18(22)24-4)9-15(25-12)10-20(2)11-17(21)19-13-6-5-7-14(8-13)23-3/h5-9H,10-11H2,1-4H3,(H,19,21)/p+1. The lowest BCUT2D eigenvalue weighted by Crippen LogP contribution is -3.08. The van der Waals surface area contributed by atoms with E-state index in [-0.39, 0.29) is 12.5 Å². The summed E-state index contributed by atoms with van der Waals surface area (Å²) in [7, 11) is 4.78. The van der Waals surface area contributed by atoms with Gasteiger partial charge in [0.2, 0.25) is 0 Å². The first-order valence-corrected chi connectivity index (χ1v) is 7.85. The fourth-order valence-electron chi connectivity index (χ4n) is 2.48. The molecule has 7 heteroatoms. The summed E-state index contributed by atoms with van der Waals surface area (Å²) in [5.41, 5.74) is 1.09. The molecule has 0 spiro atoms. The molecule has 1 amide bonds. The van der Waals surface area contributed by atoms with E-state index >= 15 is 0 Å². The van der Waals surface area contributed by atoms with Gasteiger partial charge in [-0.3, -0.25) is 4.79 Å². The Labute approximate surface area is 146 Å². The summed E-state index contributed by atoms with van der Waals surface area (Å²) < 4.78 is 15.4. The minimum absolute atomic E-state index is 0.123. The second-order valence-corrected chi connectivity index (χ2v) is 5.76. The van der Waals surface area contributed by atoms with Crippen LogP contribution in [0.2, 0.25) is 0 Å². The molecule has 1 aromatic carbocycles. The van der Waals surface area contributed by atoms with Crippen molar-refractivity contribution < 1.29 is 28.4 Å². The maximum Gasteiger partial charge on any atom is 0.341 e. The zero-order valence-corrected chi connectivity index (χ0v) is 14.8. The lowest BCUT2D eigenvalue weighted by Gasteiger charge is -2.12. The molecule has 134 valence electrons. The van der Waals surface area contributed by atoms with Crippen LogP contribution in [0, 0.1) is 6.92 Å². The molecule has 2 rings (SSSR count). The number of likely N-dealkylation sites (N-methyl/N-ethyl adjacent to an activating group) is 1. The molecule has 1 atom stereocenters. The van der Waals surface area contributed by atoms with Crippen LogP contribution in [0.4, 0.5) is 5.69 Å². The molecule has 2 N–H and O–H groups in total. The smallest absolute Gasteiger partial charge is 0.341 e. The fraction of sp³-hybridized carbons (Fsp3) is 0.333. The molecule has 2 aromatic rings. The van der Waals surface area contributed by atoms with Gasteiger partial charge in [-0.05, 0) is 19.1 Å². The first-order valence-electron chi connectivity index (χ1n) is 7.85. The number of furan rings is 1. The lowest BCUT2D eigenvalue weighted by molar-refractivity contribution is -0.886. The quantitative estimate of drug-likeness (QED) is 0.731. The summed E-state index contributed by atoms with van der Waals surface area (Å²) in [4.78, 5) is 24.7. The van der Waals surface area contributed by atoms with Crippen molar-refractivity contribution in [3.05, 3.63) is 47.4 Å². The van der Waals surface area contributed by atoms with Crippen LogP contribution < -0.4 is 15.0 Å². The van der Waals surface area contributed by atoms with Crippen molar-refractivity contribution in [2.24, 2.45) is 0 Å². The molecule has 0 bridgehead atoms. The van der Waals surface area contributed by atoms with E-state index in [1.165, 1.54) is 7.11 Å². The SMILES string of the molecule is COC(=O)c1cc(C[NH+](C)CC(=O)Nc2cccc(OC)c2)oc1C. The van der Waals surface area contributed by atoms with E-state index in [0.717, 1.165) is 4.90 Å². The van der Waals surface area contributed by atoms with Crippen molar-refractivity contribution in [3.8, 4) is 5.75 Å². The van der Waals surface area contributed by atoms with Crippen LogP contribution in [0.15, 0.2) is 34.7 Å². The molecule has 0 aliphatic carbocycles. The predicted molar refractivity (Wildman–Crippen MR) is 91.9 cm³/mol. The van der Waals surface area contributed by atoms with E-state index in [1.807, 2.05) is 19.2 Å². The molecule has 0 aliphatic heterocycles. The van der Waals surface area contributed by atoms with Crippen LogP contribution in [0.3, 0.4) is 0 Å². The average Bonchev–Trinajstić information content (AvgIpc) is 2.94. The zero-order chi connectivity index (χ0) is 18.4. The third-order valence-corrected chi connectivity index (χ3v) is 3.67. The molecule has 7 nitrogen and oxygen atoms in total. The summed E-state index contributed by atoms with van der Waals surface area (Å²) in [6.07, 6.45) is 0. The largest absolute Gasteiger partial charge is 0.497 e. The maximum absolute atomic E-state index is 12.2. The number of carbonyl (C=O) groups excluding carboxylic acids is 2. The highest BCUT2D eigenvalue weighted by Gasteiger charge is 2.18. The summed E-state index contributed by atoms with van der Waals surface area (Å²) >= 11 is 0. The monoisotopic (exact) mass is 347 g/mol. The summed E-state index contributed by atoms with van der Waals surface area (Å²) in [6.45, 7) is 2.44. The van der Waals surface area contributed by atoms with Gasteiger partial charge in [0.25, 0.3) is 5.91 Å². The van der Waals surface area contributed by atoms with Gasteiger partial charge in [-0.15, -0.1) is 0 Å². The summed E-state index contributed by atoms with van der Waals surface area (Å²) in [6, 6.07) is 8.83. The second kappa shape index (κ2) is 8.34. The Bertz CT molecular complexity index is 754. The second-order valence-electron chi connectivity index (χ2n) is 5.76. The van der Waals surface area contributed by atoms with Crippen LogP contribution >= 0.6 is 0 Å². The Morgan fingerprint density at radius 2 is 2.00 bits per heavy atom. The molecule has 0 saturated carbocycles. The van der Waals surface area contributed by atoms with Gasteiger partial charge >= 0.3 is 5.97 Å². The number of nitrogens with one attached hydrogen (secondary N) is 2. The lowest BCUT2D eigenvalue weighted by atomic mass is 10.2. The van der Waals surface area contributed by atoms with E-state index < -0.39 is 5.97 Å². The molecular formula is C18H23N2O5+. The Balaban J connectivity index is 1.92. The van der Waals surface area contributed by atoms with Crippen LogP contribution in [0.25, 0.3) is 0 Å². The Morgan fingerprint density at radius 3 is 2.68 bits per heavy atom. The number of anilines is 1. The van der Waals surface area contributed by atoms with Gasteiger partial charge in [0, 0.05) is 17.8 Å². The van der Waals surface area contributed by atoms with Crippen LogP contribution in [0.1, 0.15) is 21.9 Å². The van der Waals surface area contributed by atoms with E-state index in [9.17, 15) is 9.59 Å². The molecule has 1 unspecified atom stereocenters. The molecule has 1 heterocycles. The highest BCUT2D eigenvalue weighted by Crippen LogP contribution is 2.16. The highest BCUT2D eigenvalue weighted by molar-refractivity contribution is 5.91. The summed E-state index contributed by atoms with van der Waals surface area (Å²) in [5.74, 6) is 1.27. The molecule has 0 saturated heterocycles. The number of amides is 1. The van der Waals surface area contributed by atoms with E-state index in [0.29, 0.717) is 35.1 Å². The molecule has 1 aromatic heterocycles. The van der Waals surface area contributed by atoms with Crippen molar-refractivity contribution >= 4 is 17.6 Å². The number of aryl methyl sites for hydroxylation is 1. The first kappa shape index (κ1) is 18.5. The van der Waals surface area contributed by atoms with Crippen molar-refractivity contribution in [1.29, 1.82) is 0 Å². The van der Waals surface area contributed by atoms with E-state index in [1.54, 1.807) is 32.2 Å². The fourth-order valence-corrected chi connectivity index (χ4v) is 2.48. The van der Waals surface area contributed by atoms with Gasteiger partial charge < -0.3 is 24.1 Å². The summed E-state index contributed by atoms with van der Waals surface area (Å²) in [5, 5.41) is 2.83. The van der Waals surface area contributed by atoms with Crippen molar-refractivity contribution in [2.45, 2.75) is 13.5 Å². The zero-order valence-electron chi connectivity index (χ0n) is 14.8. The number of carbonyl (C=O) groups is 2. The van der Waals surface area contributed by atoms with E-state index in [4.69, 9.17) is 13.9 Å². The van der Waals surface area contributed by atoms with Gasteiger partial charge in [-0.2, -0.15) is 0 Å². The van der Waals surface area contributed by atoms with Crippen LogP contribution in [-0.2, 0) is 16.1 Å². The van der Waals surface area contributed by atoms with Crippen molar-refractivity contribution in [3.63, 3.8) is 0 Å². The van der Waals surface area contributed by atoms with Crippen molar-refractivity contribution in [1.82, 2.24) is 0 Å². The third-order valence-electron chi connectivity index (χ3n) is 3.67. The Morgan fingerprint density at radius 1 is 1.24 bits per heavy atom. The Hall–Kier alpha value is -2.80. The maximum atomic E-state index is 12.2. The van der Waals surface area contributed by atoms with E-state index in [2.05, 4.69) is 5.32 Å². The molecule has 0 fully saturated rings. The first-order chi connectivity index (χ1) is 11.9. The van der Waals surface area contributed by atoms with Crippen molar-refractivity contribution in [2.75, 3.05) is 33.1 Å². The average molecular weight is 347 g/mol. The highest BCUT2D eigenvalue weighted by atomic mass is 16.5. The number of hydrogen-bond acceptors (Lipinski definition) is 5. The predicted octanol–water partition coefficient (Wildman–Crippen LogP) is 1.04. The molecule has 0 aliphatic rings. The Kier molecular flexibility index (Phi) is 6.19. The van der Waals surface area contributed by atoms with Gasteiger partial charge in [0.1, 0.15) is 23.6 Å². The number of esters is 1. The molecular weight excluding hydrogens is 324 g/mol. The minimum Gasteiger partial charge on any atom is -0.497 e. The van der Waals surface area contributed by atoms with Gasteiger partial charge in [-0.1, -0.05) is 6.07 Å². The topological polar surface area (TPSA) is 82.2 Å². The van der Waals surface area contributed by atoms with Crippen LogP contribution in [-0.4, -0.2) is 39.7 Å². The van der Waals surface area contributed by atoms with Gasteiger partial charge in [0.05, 0.1) is 21.3 Å². The number of methoxy groups -OCH3 is 2. The number of quaternary nitrogens is 1. The number of rotatable bonds is 7. The van der Waals surface area contributed by atoms with Crippen LogP contribution in [0.5, 0.6) is 5.75 Å². The van der Waals surface area contributed by atoms with Gasteiger partial charge in [-0.25, -0.2) is 4.79 Å². The normalized spacial score (nSPS) is 11.7. The van der Waals surface area contributed by atoms with Gasteiger partial charge in [0.15, 0.2) is 12.3 Å². The molecule has 25 heavy (non-hydrogen) atoms. The minimum atomic E-state index is -0.430.